The highest BCUT2D eigenvalue weighted by Gasteiger charge is 2.31. The molecule has 0 aromatic heterocycles. The maximum absolute atomic E-state index is 12.3. The Labute approximate surface area is 147 Å². The van der Waals surface area contributed by atoms with Crippen molar-refractivity contribution in [3.63, 3.8) is 0 Å². The van der Waals surface area contributed by atoms with Gasteiger partial charge in [0.2, 0.25) is 11.8 Å². The average molecular weight is 368 g/mol. The first kappa shape index (κ1) is 19.4. The van der Waals surface area contributed by atoms with Gasteiger partial charge in [0.15, 0.2) is 9.84 Å². The third-order valence-electron chi connectivity index (χ3n) is 4.28. The van der Waals surface area contributed by atoms with Crippen LogP contribution in [0.4, 0.5) is 5.69 Å². The van der Waals surface area contributed by atoms with Crippen molar-refractivity contribution in [1.29, 1.82) is 0 Å². The molecular formula is C17H24N2O5S. The molecule has 0 radical (unpaired) electrons. The first-order chi connectivity index (χ1) is 11.7. The van der Waals surface area contributed by atoms with E-state index in [-0.39, 0.29) is 29.5 Å². The number of hydrogen-bond acceptors (Lipinski definition) is 5. The summed E-state index contributed by atoms with van der Waals surface area (Å²) in [6.07, 6.45) is 3.04. The van der Waals surface area contributed by atoms with Gasteiger partial charge in [0.05, 0.1) is 16.2 Å². The molecule has 0 aliphatic heterocycles. The molecule has 2 rings (SSSR count). The summed E-state index contributed by atoms with van der Waals surface area (Å²) in [6, 6.07) is 5.81. The fraction of sp³-hybridized carbons (Fsp3) is 0.529. The van der Waals surface area contributed by atoms with Crippen LogP contribution in [0.2, 0.25) is 0 Å². The Morgan fingerprint density at radius 1 is 1.16 bits per heavy atom. The van der Waals surface area contributed by atoms with Crippen molar-refractivity contribution in [2.24, 2.45) is 0 Å². The lowest BCUT2D eigenvalue weighted by atomic mass is 10.0. The first-order valence-corrected chi connectivity index (χ1v) is 9.95. The lowest BCUT2D eigenvalue weighted by molar-refractivity contribution is -0.122. The highest BCUT2D eigenvalue weighted by atomic mass is 32.2. The van der Waals surface area contributed by atoms with E-state index >= 15 is 0 Å². The predicted molar refractivity (Wildman–Crippen MR) is 93.8 cm³/mol. The smallest absolute Gasteiger partial charge is 0.221 e. The van der Waals surface area contributed by atoms with Crippen LogP contribution in [0.5, 0.6) is 0 Å². The summed E-state index contributed by atoms with van der Waals surface area (Å²) < 4.78 is 24.6. The molecule has 1 aromatic carbocycles. The zero-order valence-electron chi connectivity index (χ0n) is 14.2. The maximum Gasteiger partial charge on any atom is 0.221 e. The third-order valence-corrected chi connectivity index (χ3v) is 6.01. The Balaban J connectivity index is 1.85. The second-order valence-electron chi connectivity index (χ2n) is 6.48. The average Bonchev–Trinajstić information content (AvgIpc) is 2.98. The molecule has 138 valence electrons. The number of carbonyl (C=O) groups excluding carboxylic acids is 2. The quantitative estimate of drug-likeness (QED) is 0.670. The van der Waals surface area contributed by atoms with E-state index in [1.54, 1.807) is 0 Å². The maximum atomic E-state index is 12.3. The van der Waals surface area contributed by atoms with Crippen molar-refractivity contribution in [2.75, 3.05) is 17.6 Å². The van der Waals surface area contributed by atoms with Gasteiger partial charge in [-0.25, -0.2) is 8.42 Å². The molecule has 0 bridgehead atoms. The monoisotopic (exact) mass is 368 g/mol. The minimum absolute atomic E-state index is 0.101. The molecule has 1 aliphatic rings. The normalized spacial score (nSPS) is 16.4. The predicted octanol–water partition coefficient (Wildman–Crippen LogP) is 1.23. The summed E-state index contributed by atoms with van der Waals surface area (Å²) in [6.45, 7) is 1.53. The number of hydrogen-bond donors (Lipinski definition) is 3. The van der Waals surface area contributed by atoms with Crippen LogP contribution < -0.4 is 10.6 Å². The molecule has 0 saturated heterocycles. The van der Waals surface area contributed by atoms with E-state index in [1.807, 2.05) is 0 Å². The largest absolute Gasteiger partial charge is 0.388 e. The van der Waals surface area contributed by atoms with Gasteiger partial charge in [-0.1, -0.05) is 12.8 Å². The van der Waals surface area contributed by atoms with Crippen LogP contribution in [0, 0.1) is 0 Å². The number of nitrogens with one attached hydrogen (secondary N) is 2. The number of sulfone groups is 1. The van der Waals surface area contributed by atoms with E-state index in [4.69, 9.17) is 0 Å². The van der Waals surface area contributed by atoms with Gasteiger partial charge >= 0.3 is 0 Å². The molecule has 3 N–H and O–H groups in total. The summed E-state index contributed by atoms with van der Waals surface area (Å²) in [5.41, 5.74) is -0.345. The molecule has 1 saturated carbocycles. The van der Waals surface area contributed by atoms with Crippen LogP contribution >= 0.6 is 0 Å². The van der Waals surface area contributed by atoms with Crippen LogP contribution in [0.3, 0.4) is 0 Å². The standard InChI is InChI=1S/C17H24N2O5S/c1-13(20)19-14-4-6-15(7-5-14)25(23,24)11-8-16(21)18-12-17(22)9-2-3-10-17/h4-7,22H,2-3,8-12H2,1H3,(H,18,21)(H,19,20). The number of rotatable bonds is 7. The van der Waals surface area contributed by atoms with Crippen molar-refractivity contribution in [3.8, 4) is 0 Å². The summed E-state index contributed by atoms with van der Waals surface area (Å²) in [5, 5.41) is 15.3. The van der Waals surface area contributed by atoms with Crippen molar-refractivity contribution >= 4 is 27.3 Å². The lowest BCUT2D eigenvalue weighted by Crippen LogP contribution is -2.41. The Bertz CT molecular complexity index is 722. The zero-order valence-corrected chi connectivity index (χ0v) is 15.1. The van der Waals surface area contributed by atoms with E-state index in [0.717, 1.165) is 12.8 Å². The second kappa shape index (κ2) is 7.97. The van der Waals surface area contributed by atoms with Crippen molar-refractivity contribution in [2.45, 2.75) is 49.5 Å². The summed E-state index contributed by atoms with van der Waals surface area (Å²) >= 11 is 0. The summed E-state index contributed by atoms with van der Waals surface area (Å²) in [4.78, 5) is 22.9. The van der Waals surface area contributed by atoms with E-state index in [9.17, 15) is 23.1 Å². The van der Waals surface area contributed by atoms with E-state index in [2.05, 4.69) is 10.6 Å². The topological polar surface area (TPSA) is 113 Å². The molecule has 0 heterocycles. The SMILES string of the molecule is CC(=O)Nc1ccc(S(=O)(=O)CCC(=O)NCC2(O)CCCC2)cc1. The molecule has 25 heavy (non-hydrogen) atoms. The molecule has 7 nitrogen and oxygen atoms in total. The van der Waals surface area contributed by atoms with Crippen LogP contribution in [0.15, 0.2) is 29.2 Å². The van der Waals surface area contributed by atoms with Crippen molar-refractivity contribution < 1.29 is 23.1 Å². The minimum Gasteiger partial charge on any atom is -0.388 e. The Morgan fingerprint density at radius 3 is 2.32 bits per heavy atom. The number of anilines is 1. The zero-order chi connectivity index (χ0) is 18.5. The van der Waals surface area contributed by atoms with Gasteiger partial charge < -0.3 is 15.7 Å². The van der Waals surface area contributed by atoms with Crippen molar-refractivity contribution in [1.82, 2.24) is 5.32 Å². The molecule has 0 atom stereocenters. The fourth-order valence-corrected chi connectivity index (χ4v) is 4.10. The number of benzene rings is 1. The second-order valence-corrected chi connectivity index (χ2v) is 8.59. The third kappa shape index (κ3) is 5.82. The lowest BCUT2D eigenvalue weighted by Gasteiger charge is -2.22. The Hall–Kier alpha value is -1.93. The number of carbonyl (C=O) groups is 2. The van der Waals surface area contributed by atoms with Gasteiger partial charge in [-0.3, -0.25) is 9.59 Å². The van der Waals surface area contributed by atoms with Gasteiger partial charge in [-0.15, -0.1) is 0 Å². The summed E-state index contributed by atoms with van der Waals surface area (Å²) in [5.74, 6) is -0.938. The first-order valence-electron chi connectivity index (χ1n) is 8.30. The molecule has 0 unspecified atom stereocenters. The van der Waals surface area contributed by atoms with Gasteiger partial charge in [0, 0.05) is 25.6 Å². The molecule has 1 aliphatic carbocycles. The van der Waals surface area contributed by atoms with E-state index in [0.29, 0.717) is 18.5 Å². The van der Waals surface area contributed by atoms with Crippen LogP contribution in [0.1, 0.15) is 39.0 Å². The van der Waals surface area contributed by atoms with Gasteiger partial charge in [-0.2, -0.15) is 0 Å². The van der Waals surface area contributed by atoms with Crippen molar-refractivity contribution in [3.05, 3.63) is 24.3 Å². The van der Waals surface area contributed by atoms with Crippen LogP contribution in [-0.2, 0) is 19.4 Å². The molecule has 0 spiro atoms. The fourth-order valence-electron chi connectivity index (χ4n) is 2.86. The molecule has 1 aromatic rings. The highest BCUT2D eigenvalue weighted by Crippen LogP contribution is 2.28. The number of amides is 2. The van der Waals surface area contributed by atoms with Crippen LogP contribution in [-0.4, -0.2) is 43.2 Å². The van der Waals surface area contributed by atoms with Crippen LogP contribution in [0.25, 0.3) is 0 Å². The summed E-state index contributed by atoms with van der Waals surface area (Å²) in [7, 11) is -3.59. The van der Waals surface area contributed by atoms with Gasteiger partial charge in [-0.05, 0) is 37.1 Å². The number of aliphatic hydroxyl groups is 1. The Morgan fingerprint density at radius 2 is 1.76 bits per heavy atom. The molecule has 8 heteroatoms. The molecule has 2 amide bonds. The molecular weight excluding hydrogens is 344 g/mol. The Kier molecular flexibility index (Phi) is 6.18. The van der Waals surface area contributed by atoms with E-state index < -0.39 is 21.3 Å². The van der Waals surface area contributed by atoms with E-state index in [1.165, 1.54) is 31.2 Å². The van der Waals surface area contributed by atoms with Gasteiger partial charge in [0.25, 0.3) is 0 Å². The highest BCUT2D eigenvalue weighted by molar-refractivity contribution is 7.91. The molecule has 1 fully saturated rings. The minimum atomic E-state index is -3.59. The van der Waals surface area contributed by atoms with Gasteiger partial charge in [0.1, 0.15) is 0 Å².